The molecule has 1 atom stereocenters. The number of H-pyrrole nitrogens is 1. The van der Waals surface area contributed by atoms with E-state index in [0.717, 1.165) is 56.0 Å². The summed E-state index contributed by atoms with van der Waals surface area (Å²) in [4.78, 5) is 39.1. The number of fused-ring (bicyclic) bond motifs is 2. The topological polar surface area (TPSA) is 185 Å². The number of hydrogen-bond acceptors (Lipinski definition) is 13. The highest BCUT2D eigenvalue weighted by Gasteiger charge is 2.33. The van der Waals surface area contributed by atoms with Crippen LogP contribution in [0.1, 0.15) is 49.0 Å². The number of carbonyl (C=O) groups is 1. The highest BCUT2D eigenvalue weighted by Crippen LogP contribution is 2.44. The summed E-state index contributed by atoms with van der Waals surface area (Å²) in [6.07, 6.45) is 4.41. The molecule has 65 heavy (non-hydrogen) atoms. The molecule has 19 heteroatoms. The third kappa shape index (κ3) is 9.63. The predicted octanol–water partition coefficient (Wildman–Crippen LogP) is 7.53. The van der Waals surface area contributed by atoms with Crippen molar-refractivity contribution in [2.75, 3.05) is 87.4 Å². The van der Waals surface area contributed by atoms with Crippen molar-refractivity contribution < 1.29 is 36.7 Å². The van der Waals surface area contributed by atoms with Gasteiger partial charge in [-0.15, -0.1) is 0 Å². The number of nitrogens with one attached hydrogen (secondary N) is 3. The van der Waals surface area contributed by atoms with Gasteiger partial charge >= 0.3 is 0 Å². The summed E-state index contributed by atoms with van der Waals surface area (Å²) >= 11 is 6.25. The first-order valence-electron chi connectivity index (χ1n) is 21.7. The fourth-order valence-electron chi connectivity index (χ4n) is 9.04. The van der Waals surface area contributed by atoms with Crippen LogP contribution in [-0.2, 0) is 19.5 Å². The average Bonchev–Trinajstić information content (AvgIpc) is 3.76. The maximum atomic E-state index is 15.6. The lowest BCUT2D eigenvalue weighted by Crippen LogP contribution is -2.47. The summed E-state index contributed by atoms with van der Waals surface area (Å²) in [6, 6.07) is 18.5. The molecule has 342 valence electrons. The molecule has 0 unspecified atom stereocenters. The fraction of sp³-hybridized carbons (Fsp3) is 0.391. The summed E-state index contributed by atoms with van der Waals surface area (Å²) in [5, 5.41) is 16.3. The van der Waals surface area contributed by atoms with Gasteiger partial charge in [-0.05, 0) is 84.3 Å². The van der Waals surface area contributed by atoms with Gasteiger partial charge in [0.1, 0.15) is 23.6 Å². The first-order chi connectivity index (χ1) is 31.2. The van der Waals surface area contributed by atoms with E-state index in [-0.39, 0.29) is 30.7 Å². The van der Waals surface area contributed by atoms with Crippen LogP contribution in [0.5, 0.6) is 5.88 Å². The van der Waals surface area contributed by atoms with Crippen molar-refractivity contribution in [3.63, 3.8) is 0 Å². The number of rotatable bonds is 12. The van der Waals surface area contributed by atoms with Gasteiger partial charge in [0.25, 0.3) is 21.6 Å². The Hall–Kier alpha value is -5.79. The molecule has 3 N–H and O–H groups in total. The maximum Gasteiger partial charge on any atom is 0.296 e. The number of aromatic amines is 1. The van der Waals surface area contributed by atoms with E-state index in [1.165, 1.54) is 16.7 Å². The number of pyridine rings is 1. The number of amides is 1. The summed E-state index contributed by atoms with van der Waals surface area (Å²) in [7, 11) is -4.85. The monoisotopic (exact) mass is 928 g/mol. The summed E-state index contributed by atoms with van der Waals surface area (Å²) in [5.74, 6) is -1.87. The van der Waals surface area contributed by atoms with Gasteiger partial charge in [0.2, 0.25) is 5.88 Å². The number of anilines is 4. The lowest BCUT2D eigenvalue weighted by molar-refractivity contribution is -0.384. The summed E-state index contributed by atoms with van der Waals surface area (Å²) in [6.45, 7) is 9.94. The zero-order chi connectivity index (χ0) is 45.5. The molecule has 0 saturated carbocycles. The van der Waals surface area contributed by atoms with E-state index >= 15 is 4.39 Å². The largest absolute Gasteiger partial charge is 0.474 e. The Bertz CT molecular complexity index is 2770. The Labute approximate surface area is 380 Å². The van der Waals surface area contributed by atoms with Crippen LogP contribution < -0.4 is 24.6 Å². The van der Waals surface area contributed by atoms with Crippen LogP contribution in [0.3, 0.4) is 0 Å². The molecule has 5 aromatic rings. The first kappa shape index (κ1) is 44.4. The van der Waals surface area contributed by atoms with Crippen LogP contribution >= 0.6 is 11.6 Å². The molecule has 1 amide bonds. The van der Waals surface area contributed by atoms with Crippen LogP contribution in [-0.4, -0.2) is 112 Å². The first-order valence-corrected chi connectivity index (χ1v) is 23.5. The number of nitro benzene ring substituents is 1. The lowest BCUT2D eigenvalue weighted by atomic mass is 9.72. The number of nitro groups is 1. The molecule has 2 saturated heterocycles. The van der Waals surface area contributed by atoms with E-state index in [4.69, 9.17) is 25.8 Å². The molecule has 0 spiro atoms. The van der Waals surface area contributed by atoms with Crippen LogP contribution in [0.2, 0.25) is 5.02 Å². The van der Waals surface area contributed by atoms with Gasteiger partial charge in [-0.2, -0.15) is 4.98 Å². The van der Waals surface area contributed by atoms with E-state index in [1.54, 1.807) is 18.3 Å². The molecule has 4 aliphatic rings. The molecule has 3 aromatic carbocycles. The normalized spacial score (nSPS) is 19.2. The Morgan fingerprint density at radius 1 is 1.02 bits per heavy atom. The smallest absolute Gasteiger partial charge is 0.296 e. The molecule has 1 aliphatic carbocycles. The van der Waals surface area contributed by atoms with Crippen molar-refractivity contribution in [2.45, 2.75) is 44.1 Å². The molecule has 16 nitrogen and oxygen atoms in total. The minimum atomic E-state index is -4.85. The van der Waals surface area contributed by atoms with E-state index < -0.39 is 49.0 Å². The fourth-order valence-corrected chi connectivity index (χ4v) is 10.2. The number of sulfonamides is 1. The number of aromatic nitrogens is 2. The van der Waals surface area contributed by atoms with E-state index in [0.29, 0.717) is 66.8 Å². The van der Waals surface area contributed by atoms with Gasteiger partial charge in [0.05, 0.1) is 53.5 Å². The molecule has 9 rings (SSSR count). The number of carbonyl (C=O) groups excluding carboxylic acids is 1. The van der Waals surface area contributed by atoms with Crippen molar-refractivity contribution in [3.8, 4) is 5.88 Å². The summed E-state index contributed by atoms with van der Waals surface area (Å²) < 4.78 is 62.2. The lowest BCUT2D eigenvalue weighted by Gasteiger charge is -2.39. The molecule has 2 fully saturated rings. The number of piperazine rings is 1. The van der Waals surface area contributed by atoms with E-state index in [1.807, 2.05) is 35.2 Å². The second-order valence-corrected chi connectivity index (χ2v) is 19.7. The second kappa shape index (κ2) is 18.2. The molecule has 2 aromatic heterocycles. The molecule has 0 bridgehead atoms. The minimum absolute atomic E-state index is 0.00262. The average molecular weight is 929 g/mol. The standard InChI is InChI=1S/C46H50ClFN8O8S/c1-46(2)11-9-31(37(25-46)29-3-5-32(47)6-4-29)27-53-13-15-54(16-14-53)33-7-8-36(39(22-33)55-17-18-64-45-41(55)21-30-10-12-49-43(30)51-45)44(57)52-65(60,61)35-23-38(48)42(40(24-35)56(58)59)50-26-34-28-62-19-20-63-34/h3-8,10,12,21-24,34,50H,9,11,13-20,25-28H2,1-2H3,(H,49,51)(H,52,57)/t34-/m0/s1. The highest BCUT2D eigenvalue weighted by atomic mass is 35.5. The van der Waals surface area contributed by atoms with E-state index in [2.05, 4.69) is 55.8 Å². The third-order valence-electron chi connectivity index (χ3n) is 12.5. The van der Waals surface area contributed by atoms with Gasteiger partial charge in [-0.1, -0.05) is 43.2 Å². The van der Waals surface area contributed by atoms with Gasteiger partial charge < -0.3 is 34.3 Å². The zero-order valence-corrected chi connectivity index (χ0v) is 37.6. The Kier molecular flexibility index (Phi) is 12.5. The van der Waals surface area contributed by atoms with Gasteiger partial charge in [-0.25, -0.2) is 17.5 Å². The van der Waals surface area contributed by atoms with Gasteiger partial charge in [0, 0.05) is 67.6 Å². The second-order valence-electron chi connectivity index (χ2n) is 17.6. The Morgan fingerprint density at radius 2 is 1.82 bits per heavy atom. The van der Waals surface area contributed by atoms with Crippen molar-refractivity contribution >= 4 is 72.6 Å². The molecular weight excluding hydrogens is 879 g/mol. The minimum Gasteiger partial charge on any atom is -0.474 e. The van der Waals surface area contributed by atoms with E-state index in [9.17, 15) is 23.3 Å². The zero-order valence-electron chi connectivity index (χ0n) is 36.1. The quantitative estimate of drug-likeness (QED) is 0.0825. The Balaban J connectivity index is 0.985. The summed E-state index contributed by atoms with van der Waals surface area (Å²) in [5.41, 5.74) is 5.35. The number of allylic oxidation sites excluding steroid dienone is 1. The SMILES string of the molecule is CC1(C)CCC(CN2CCN(c3ccc(C(=O)NS(=O)(=O)c4cc(F)c(NC[C@H]5COCCO5)c([N+](=O)[O-])c4)c(N4CCOc5nc6[nH]ccc6cc54)c3)CC2)=C(c2ccc(Cl)cc2)C1. The molecule has 3 aliphatic heterocycles. The number of hydrogen-bond donors (Lipinski definition) is 3. The van der Waals surface area contributed by atoms with Crippen molar-refractivity contribution in [3.05, 3.63) is 111 Å². The number of benzene rings is 3. The van der Waals surface area contributed by atoms with Crippen molar-refractivity contribution in [1.82, 2.24) is 19.6 Å². The van der Waals surface area contributed by atoms with Crippen molar-refractivity contribution in [2.24, 2.45) is 5.41 Å². The number of halogens is 2. The van der Waals surface area contributed by atoms with Crippen molar-refractivity contribution in [1.29, 1.82) is 0 Å². The van der Waals surface area contributed by atoms with Crippen LogP contribution in [0, 0.1) is 21.3 Å². The molecule has 0 radical (unpaired) electrons. The van der Waals surface area contributed by atoms with Crippen LogP contribution in [0.25, 0.3) is 16.6 Å². The van der Waals surface area contributed by atoms with Gasteiger partial charge in [0.15, 0.2) is 5.82 Å². The number of nitrogens with zero attached hydrogens (tertiary/aromatic N) is 5. The third-order valence-corrected chi connectivity index (χ3v) is 14.1. The molecular formula is C46H50ClFN8O8S. The van der Waals surface area contributed by atoms with Crippen LogP contribution in [0.15, 0.2) is 83.4 Å². The molecule has 5 heterocycles. The van der Waals surface area contributed by atoms with Crippen LogP contribution in [0.4, 0.5) is 32.8 Å². The maximum absolute atomic E-state index is 15.6. The van der Waals surface area contributed by atoms with Gasteiger partial charge in [-0.3, -0.25) is 19.8 Å². The Morgan fingerprint density at radius 3 is 2.57 bits per heavy atom. The number of ether oxygens (including phenoxy) is 3. The highest BCUT2D eigenvalue weighted by molar-refractivity contribution is 7.90. The predicted molar refractivity (Wildman–Crippen MR) is 246 cm³/mol.